The summed E-state index contributed by atoms with van der Waals surface area (Å²) in [7, 11) is 0. The summed E-state index contributed by atoms with van der Waals surface area (Å²) in [5, 5.41) is 0. The van der Waals surface area contributed by atoms with Gasteiger partial charge in [-0.3, -0.25) is 4.98 Å². The summed E-state index contributed by atoms with van der Waals surface area (Å²) in [4.78, 5) is 4.37. The Bertz CT molecular complexity index is 377. The van der Waals surface area contributed by atoms with Crippen LogP contribution < -0.4 is 5.73 Å². The molecule has 1 aliphatic carbocycles. The summed E-state index contributed by atoms with van der Waals surface area (Å²) >= 11 is 0. The molecule has 0 aromatic carbocycles. The molecule has 0 radical (unpaired) electrons. The number of nitrogens with two attached hydrogens (primary N) is 1. The maximum absolute atomic E-state index is 13.2. The van der Waals surface area contributed by atoms with Gasteiger partial charge in [0.1, 0.15) is 0 Å². The zero-order valence-corrected chi connectivity index (χ0v) is 10.0. The number of alkyl halides is 2. The second-order valence-electron chi connectivity index (χ2n) is 5.06. The number of halogens is 2. The molecule has 1 aromatic rings. The van der Waals surface area contributed by atoms with Gasteiger partial charge in [0, 0.05) is 36.7 Å². The van der Waals surface area contributed by atoms with Gasteiger partial charge in [0.25, 0.3) is 0 Å². The Kier molecular flexibility index (Phi) is 3.17. The first-order valence-electron chi connectivity index (χ1n) is 5.99. The molecule has 0 amide bonds. The molecule has 17 heavy (non-hydrogen) atoms. The highest BCUT2D eigenvalue weighted by Gasteiger charge is 2.44. The Hall–Kier alpha value is -1.03. The molecular formula is C13H18F2N2. The lowest BCUT2D eigenvalue weighted by Gasteiger charge is -2.38. The summed E-state index contributed by atoms with van der Waals surface area (Å²) < 4.78 is 26.4. The van der Waals surface area contributed by atoms with Crippen molar-refractivity contribution in [1.82, 2.24) is 4.98 Å². The maximum atomic E-state index is 13.2. The molecule has 0 aliphatic heterocycles. The minimum Gasteiger partial charge on any atom is -0.330 e. The Morgan fingerprint density at radius 3 is 2.35 bits per heavy atom. The fourth-order valence-electron chi connectivity index (χ4n) is 2.44. The quantitative estimate of drug-likeness (QED) is 0.863. The van der Waals surface area contributed by atoms with Crippen molar-refractivity contribution in [3.63, 3.8) is 0 Å². The number of nitrogens with zero attached hydrogens (tertiary/aromatic N) is 1. The van der Waals surface area contributed by atoms with E-state index in [-0.39, 0.29) is 18.3 Å². The van der Waals surface area contributed by atoms with Crippen molar-refractivity contribution in [2.75, 3.05) is 6.54 Å². The van der Waals surface area contributed by atoms with E-state index in [4.69, 9.17) is 5.73 Å². The van der Waals surface area contributed by atoms with Gasteiger partial charge in [-0.25, -0.2) is 8.78 Å². The summed E-state index contributed by atoms with van der Waals surface area (Å²) in [5.74, 6) is -2.52. The molecule has 0 unspecified atom stereocenters. The van der Waals surface area contributed by atoms with Gasteiger partial charge < -0.3 is 5.73 Å². The van der Waals surface area contributed by atoms with Crippen LogP contribution in [0.2, 0.25) is 0 Å². The van der Waals surface area contributed by atoms with E-state index in [1.807, 2.05) is 19.1 Å². The highest BCUT2D eigenvalue weighted by molar-refractivity contribution is 5.22. The lowest BCUT2D eigenvalue weighted by molar-refractivity contribution is -0.0514. The van der Waals surface area contributed by atoms with E-state index in [9.17, 15) is 8.78 Å². The van der Waals surface area contributed by atoms with Gasteiger partial charge in [-0.1, -0.05) is 6.07 Å². The molecule has 1 heterocycles. The fourth-order valence-corrected chi connectivity index (χ4v) is 2.44. The van der Waals surface area contributed by atoms with Gasteiger partial charge in [-0.15, -0.1) is 0 Å². The number of aryl methyl sites for hydroxylation is 1. The first-order valence-corrected chi connectivity index (χ1v) is 5.99. The van der Waals surface area contributed by atoms with Crippen LogP contribution in [0.5, 0.6) is 0 Å². The van der Waals surface area contributed by atoms with Gasteiger partial charge in [-0.2, -0.15) is 0 Å². The van der Waals surface area contributed by atoms with Gasteiger partial charge in [0.15, 0.2) is 0 Å². The van der Waals surface area contributed by atoms with E-state index in [0.717, 1.165) is 11.3 Å². The van der Waals surface area contributed by atoms with Gasteiger partial charge in [0.05, 0.1) is 0 Å². The van der Waals surface area contributed by atoms with Gasteiger partial charge in [0.2, 0.25) is 5.92 Å². The van der Waals surface area contributed by atoms with E-state index in [1.165, 1.54) is 0 Å². The van der Waals surface area contributed by atoms with E-state index in [2.05, 4.69) is 4.98 Å². The Morgan fingerprint density at radius 2 is 1.88 bits per heavy atom. The molecule has 1 aromatic heterocycles. The second-order valence-corrected chi connectivity index (χ2v) is 5.06. The smallest absolute Gasteiger partial charge is 0.248 e. The molecule has 1 fully saturated rings. The molecule has 2 rings (SSSR count). The predicted molar refractivity (Wildman–Crippen MR) is 63.1 cm³/mol. The average Bonchev–Trinajstić information content (AvgIpc) is 2.31. The van der Waals surface area contributed by atoms with Crippen molar-refractivity contribution < 1.29 is 8.78 Å². The fraction of sp³-hybridized carbons (Fsp3) is 0.615. The largest absolute Gasteiger partial charge is 0.330 e. The number of pyridine rings is 1. The van der Waals surface area contributed by atoms with Crippen LogP contribution in [0.1, 0.15) is 36.9 Å². The third-order valence-corrected chi connectivity index (χ3v) is 3.78. The number of hydrogen-bond acceptors (Lipinski definition) is 2. The zero-order valence-electron chi connectivity index (χ0n) is 10.0. The van der Waals surface area contributed by atoms with Gasteiger partial charge in [-0.05, 0) is 31.4 Å². The molecule has 4 heteroatoms. The minimum absolute atomic E-state index is 0.0836. The normalized spacial score (nSPS) is 22.4. The third-order valence-electron chi connectivity index (χ3n) is 3.78. The summed E-state index contributed by atoms with van der Waals surface area (Å²) in [5.41, 5.74) is 7.39. The van der Waals surface area contributed by atoms with E-state index >= 15 is 0 Å². The van der Waals surface area contributed by atoms with Crippen LogP contribution in [0.25, 0.3) is 0 Å². The van der Waals surface area contributed by atoms with Crippen LogP contribution in [0.4, 0.5) is 8.78 Å². The molecule has 1 saturated carbocycles. The maximum Gasteiger partial charge on any atom is 0.248 e. The molecule has 0 atom stereocenters. The molecule has 0 bridgehead atoms. The average molecular weight is 240 g/mol. The summed E-state index contributed by atoms with van der Waals surface area (Å²) in [6.45, 7) is 2.35. The Morgan fingerprint density at radius 1 is 1.24 bits per heavy atom. The number of aromatic nitrogens is 1. The highest BCUT2D eigenvalue weighted by Crippen LogP contribution is 2.44. The van der Waals surface area contributed by atoms with Crippen molar-refractivity contribution >= 4 is 0 Å². The molecule has 2 nitrogen and oxygen atoms in total. The van der Waals surface area contributed by atoms with Crippen LogP contribution in [0.3, 0.4) is 0 Å². The Labute approximate surface area is 100 Å². The molecular weight excluding hydrogens is 222 g/mol. The van der Waals surface area contributed by atoms with Crippen LogP contribution >= 0.6 is 0 Å². The summed E-state index contributed by atoms with van der Waals surface area (Å²) in [6, 6.07) is 3.89. The van der Waals surface area contributed by atoms with Crippen molar-refractivity contribution in [3.05, 3.63) is 29.6 Å². The predicted octanol–water partition coefficient (Wildman–Crippen LogP) is 2.80. The topological polar surface area (TPSA) is 38.9 Å². The molecule has 94 valence electrons. The molecule has 2 N–H and O–H groups in total. The SMILES string of the molecule is Cc1ccc(C2(CN)CCC(F)(F)CC2)nc1. The minimum atomic E-state index is -2.52. The van der Waals surface area contributed by atoms with E-state index < -0.39 is 5.92 Å². The highest BCUT2D eigenvalue weighted by atomic mass is 19.3. The monoisotopic (exact) mass is 240 g/mol. The van der Waals surface area contributed by atoms with Crippen molar-refractivity contribution in [2.45, 2.75) is 43.9 Å². The van der Waals surface area contributed by atoms with Crippen molar-refractivity contribution in [1.29, 1.82) is 0 Å². The van der Waals surface area contributed by atoms with Crippen LogP contribution in [0.15, 0.2) is 18.3 Å². The molecule has 0 spiro atoms. The lowest BCUT2D eigenvalue weighted by Crippen LogP contribution is -2.42. The second kappa shape index (κ2) is 4.33. The molecule has 1 aliphatic rings. The zero-order chi connectivity index (χ0) is 12.5. The number of rotatable bonds is 2. The first kappa shape index (κ1) is 12.4. The lowest BCUT2D eigenvalue weighted by atomic mass is 9.70. The number of hydrogen-bond donors (Lipinski definition) is 1. The standard InChI is InChI=1S/C13H18F2N2/c1-10-2-3-11(17-8-10)12(9-16)4-6-13(14,15)7-5-12/h2-3,8H,4-7,9,16H2,1H3. The first-order chi connectivity index (χ1) is 7.97. The van der Waals surface area contributed by atoms with Crippen molar-refractivity contribution in [2.24, 2.45) is 5.73 Å². The van der Waals surface area contributed by atoms with Crippen LogP contribution in [-0.4, -0.2) is 17.5 Å². The third kappa shape index (κ3) is 2.46. The van der Waals surface area contributed by atoms with E-state index in [0.29, 0.717) is 19.4 Å². The summed E-state index contributed by atoms with van der Waals surface area (Å²) in [6.07, 6.45) is 2.46. The van der Waals surface area contributed by atoms with Crippen LogP contribution in [0, 0.1) is 6.92 Å². The van der Waals surface area contributed by atoms with E-state index in [1.54, 1.807) is 6.20 Å². The molecule has 0 saturated heterocycles. The Balaban J connectivity index is 2.24. The van der Waals surface area contributed by atoms with Crippen LogP contribution in [-0.2, 0) is 5.41 Å². The van der Waals surface area contributed by atoms with Gasteiger partial charge >= 0.3 is 0 Å². The van der Waals surface area contributed by atoms with Crippen molar-refractivity contribution in [3.8, 4) is 0 Å².